The Morgan fingerprint density at radius 1 is 1.50 bits per heavy atom. The van der Waals surface area contributed by atoms with E-state index in [1.54, 1.807) is 18.3 Å². The molecule has 4 N–H and O–H groups in total. The molecule has 0 fully saturated rings. The van der Waals surface area contributed by atoms with Gasteiger partial charge in [-0.15, -0.1) is 0 Å². The van der Waals surface area contributed by atoms with Crippen molar-refractivity contribution in [1.29, 1.82) is 0 Å². The third kappa shape index (κ3) is 4.43. The Labute approximate surface area is 107 Å². The maximum Gasteiger partial charge on any atom is 0.270 e. The summed E-state index contributed by atoms with van der Waals surface area (Å²) in [5, 5.41) is 12.0. The molecule has 5 nitrogen and oxygen atoms in total. The van der Waals surface area contributed by atoms with E-state index in [0.29, 0.717) is 18.2 Å². The molecule has 1 rings (SSSR count). The highest BCUT2D eigenvalue weighted by molar-refractivity contribution is 5.92. The Bertz CT molecular complexity index is 376. The molecule has 1 aromatic heterocycles. The van der Waals surface area contributed by atoms with E-state index in [9.17, 15) is 9.90 Å². The van der Waals surface area contributed by atoms with Crippen LogP contribution in [0.3, 0.4) is 0 Å². The molecule has 0 spiro atoms. The lowest BCUT2D eigenvalue weighted by atomic mass is 10.0. The Kier molecular flexibility index (Phi) is 5.74. The number of aliphatic hydroxyl groups is 1. The number of nitrogens with one attached hydrogen (secondary N) is 1. The van der Waals surface area contributed by atoms with E-state index >= 15 is 0 Å². The van der Waals surface area contributed by atoms with Crippen LogP contribution >= 0.6 is 0 Å². The minimum absolute atomic E-state index is 0.0647. The molecule has 0 saturated carbocycles. The Balaban J connectivity index is 2.62. The van der Waals surface area contributed by atoms with Gasteiger partial charge in [0.25, 0.3) is 5.91 Å². The normalized spacial score (nSPS) is 12.5. The van der Waals surface area contributed by atoms with Crippen LogP contribution in [0.4, 0.5) is 0 Å². The van der Waals surface area contributed by atoms with Crippen molar-refractivity contribution in [2.45, 2.75) is 32.9 Å². The summed E-state index contributed by atoms with van der Waals surface area (Å²) >= 11 is 0. The molecule has 1 unspecified atom stereocenters. The first-order chi connectivity index (χ1) is 8.56. The van der Waals surface area contributed by atoms with Crippen LogP contribution < -0.4 is 11.1 Å². The van der Waals surface area contributed by atoms with Gasteiger partial charge in [-0.3, -0.25) is 9.78 Å². The monoisotopic (exact) mass is 251 g/mol. The summed E-state index contributed by atoms with van der Waals surface area (Å²) in [6.07, 6.45) is 2.33. The van der Waals surface area contributed by atoms with E-state index in [-0.39, 0.29) is 18.6 Å². The maximum atomic E-state index is 11.9. The molecule has 0 aliphatic rings. The lowest BCUT2D eigenvalue weighted by molar-refractivity contribution is 0.0903. The highest BCUT2D eigenvalue weighted by atomic mass is 16.3. The fraction of sp³-hybridized carbons (Fsp3) is 0.538. The topological polar surface area (TPSA) is 88.2 Å². The number of pyridine rings is 1. The van der Waals surface area contributed by atoms with Gasteiger partial charge in [-0.05, 0) is 24.0 Å². The smallest absolute Gasteiger partial charge is 0.270 e. The van der Waals surface area contributed by atoms with Gasteiger partial charge in [-0.2, -0.15) is 0 Å². The average molecular weight is 251 g/mol. The van der Waals surface area contributed by atoms with Crippen molar-refractivity contribution in [1.82, 2.24) is 10.3 Å². The van der Waals surface area contributed by atoms with Gasteiger partial charge in [0.15, 0.2) is 0 Å². The number of hydrogen-bond acceptors (Lipinski definition) is 4. The molecule has 0 bridgehead atoms. The summed E-state index contributed by atoms with van der Waals surface area (Å²) in [4.78, 5) is 15.9. The molecule has 1 atom stereocenters. The molecule has 0 saturated heterocycles. The quantitative estimate of drug-likeness (QED) is 0.693. The third-order valence-corrected chi connectivity index (χ3v) is 2.60. The zero-order valence-electron chi connectivity index (χ0n) is 10.9. The molecule has 1 heterocycles. The Morgan fingerprint density at radius 3 is 2.67 bits per heavy atom. The van der Waals surface area contributed by atoms with E-state index < -0.39 is 0 Å². The van der Waals surface area contributed by atoms with Crippen LogP contribution in [0.15, 0.2) is 18.3 Å². The van der Waals surface area contributed by atoms with Gasteiger partial charge in [-0.1, -0.05) is 19.9 Å². The summed E-state index contributed by atoms with van der Waals surface area (Å²) in [7, 11) is 0. The van der Waals surface area contributed by atoms with Crippen LogP contribution in [-0.4, -0.2) is 28.6 Å². The summed E-state index contributed by atoms with van der Waals surface area (Å²) in [5.41, 5.74) is 6.68. The van der Waals surface area contributed by atoms with E-state index in [2.05, 4.69) is 10.3 Å². The second-order valence-corrected chi connectivity index (χ2v) is 4.74. The van der Waals surface area contributed by atoms with Crippen LogP contribution in [0, 0.1) is 5.92 Å². The molecule has 0 aliphatic carbocycles. The van der Waals surface area contributed by atoms with Gasteiger partial charge in [0.1, 0.15) is 5.69 Å². The second-order valence-electron chi connectivity index (χ2n) is 4.74. The Morgan fingerprint density at radius 2 is 2.22 bits per heavy atom. The molecule has 1 amide bonds. The van der Waals surface area contributed by atoms with E-state index in [1.807, 2.05) is 13.8 Å². The van der Waals surface area contributed by atoms with Crippen molar-refractivity contribution < 1.29 is 9.90 Å². The average Bonchev–Trinajstić information content (AvgIpc) is 2.37. The van der Waals surface area contributed by atoms with Gasteiger partial charge >= 0.3 is 0 Å². The number of nitrogens with zero attached hydrogens (tertiary/aromatic N) is 1. The fourth-order valence-electron chi connectivity index (χ4n) is 1.69. The molecule has 100 valence electrons. The van der Waals surface area contributed by atoms with Crippen LogP contribution in [-0.2, 0) is 6.54 Å². The lowest BCUT2D eigenvalue weighted by Crippen LogP contribution is -2.38. The number of rotatable bonds is 6. The molecule has 5 heteroatoms. The van der Waals surface area contributed by atoms with Gasteiger partial charge in [0.2, 0.25) is 0 Å². The molecular formula is C13H21N3O2. The van der Waals surface area contributed by atoms with Crippen LogP contribution in [0.1, 0.15) is 36.3 Å². The fourth-order valence-corrected chi connectivity index (χ4v) is 1.69. The molecule has 0 aromatic carbocycles. The summed E-state index contributed by atoms with van der Waals surface area (Å²) < 4.78 is 0. The second kappa shape index (κ2) is 7.08. The van der Waals surface area contributed by atoms with Crippen LogP contribution in [0.2, 0.25) is 0 Å². The molecular weight excluding hydrogens is 230 g/mol. The van der Waals surface area contributed by atoms with Crippen molar-refractivity contribution in [3.63, 3.8) is 0 Å². The molecule has 18 heavy (non-hydrogen) atoms. The van der Waals surface area contributed by atoms with E-state index in [0.717, 1.165) is 12.0 Å². The van der Waals surface area contributed by atoms with Crippen LogP contribution in [0.25, 0.3) is 0 Å². The largest absolute Gasteiger partial charge is 0.394 e. The molecule has 0 aliphatic heterocycles. The highest BCUT2D eigenvalue weighted by Crippen LogP contribution is 2.06. The van der Waals surface area contributed by atoms with Crippen molar-refractivity contribution in [3.8, 4) is 0 Å². The first kappa shape index (κ1) is 14.6. The maximum absolute atomic E-state index is 11.9. The van der Waals surface area contributed by atoms with Gasteiger partial charge < -0.3 is 16.2 Å². The molecule has 0 radical (unpaired) electrons. The first-order valence-corrected chi connectivity index (χ1v) is 6.13. The van der Waals surface area contributed by atoms with Gasteiger partial charge in [0.05, 0.1) is 12.6 Å². The van der Waals surface area contributed by atoms with Crippen molar-refractivity contribution >= 4 is 5.91 Å². The highest BCUT2D eigenvalue weighted by Gasteiger charge is 2.15. The minimum Gasteiger partial charge on any atom is -0.394 e. The zero-order valence-corrected chi connectivity index (χ0v) is 10.9. The van der Waals surface area contributed by atoms with Crippen LogP contribution in [0.5, 0.6) is 0 Å². The number of amides is 1. The summed E-state index contributed by atoms with van der Waals surface area (Å²) in [6, 6.07) is 3.19. The SMILES string of the molecule is CC(C)CC(CO)NC(=O)c1ccc(CN)cn1. The number of nitrogens with two attached hydrogens (primary N) is 1. The van der Waals surface area contributed by atoms with Crippen molar-refractivity contribution in [2.24, 2.45) is 11.7 Å². The Hall–Kier alpha value is -1.46. The summed E-state index contributed by atoms with van der Waals surface area (Å²) in [5.74, 6) is 0.147. The standard InChI is InChI=1S/C13H21N3O2/c1-9(2)5-11(8-17)16-13(18)12-4-3-10(6-14)7-15-12/h3-4,7,9,11,17H,5-6,8,14H2,1-2H3,(H,16,18). The number of carbonyl (C=O) groups is 1. The zero-order chi connectivity index (χ0) is 13.5. The van der Waals surface area contributed by atoms with Crippen molar-refractivity contribution in [3.05, 3.63) is 29.6 Å². The minimum atomic E-state index is -0.265. The predicted octanol–water partition coefficient (Wildman–Crippen LogP) is 0.677. The number of hydrogen-bond donors (Lipinski definition) is 3. The lowest BCUT2D eigenvalue weighted by Gasteiger charge is -2.17. The first-order valence-electron chi connectivity index (χ1n) is 6.13. The van der Waals surface area contributed by atoms with Gasteiger partial charge in [-0.25, -0.2) is 0 Å². The number of aromatic nitrogens is 1. The number of aliphatic hydroxyl groups excluding tert-OH is 1. The van der Waals surface area contributed by atoms with Crippen molar-refractivity contribution in [2.75, 3.05) is 6.61 Å². The molecule has 1 aromatic rings. The number of carbonyl (C=O) groups excluding carboxylic acids is 1. The third-order valence-electron chi connectivity index (χ3n) is 2.60. The van der Waals surface area contributed by atoms with E-state index in [1.165, 1.54) is 0 Å². The van der Waals surface area contributed by atoms with E-state index in [4.69, 9.17) is 5.73 Å². The van der Waals surface area contributed by atoms with Gasteiger partial charge in [0, 0.05) is 12.7 Å². The summed E-state index contributed by atoms with van der Waals surface area (Å²) in [6.45, 7) is 4.43. The predicted molar refractivity (Wildman–Crippen MR) is 69.9 cm³/mol.